The van der Waals surface area contributed by atoms with E-state index in [1.807, 2.05) is 0 Å². The van der Waals surface area contributed by atoms with Gasteiger partial charge in [0.2, 0.25) is 0 Å². The molecule has 70 heavy (non-hydrogen) atoms. The SMILES string of the molecule is CCCCCCCCOc1ccc(C2(c3ccc(C)cc3)c3cc4c(cc3-c3s[c]([Sn]([CH3])([CH3])[CH3])cc32)C(c2ccc(C)cc2)(c2ccc(OCCCCCCCC)cc2)c2c[c]([Sn]([CH3])([CH3])[CH3])sc2-4)cc1. The monoisotopic (exact) mass is 1180 g/mol. The van der Waals surface area contributed by atoms with E-state index < -0.39 is 47.6 Å². The average Bonchev–Trinajstić information content (AvgIpc) is 4.11. The number of thiophene rings is 2. The molecule has 2 unspecified atom stereocenters. The van der Waals surface area contributed by atoms with Gasteiger partial charge in [-0.2, -0.15) is 0 Å². The predicted molar refractivity (Wildman–Crippen MR) is 310 cm³/mol. The molecule has 0 saturated heterocycles. The van der Waals surface area contributed by atoms with Crippen molar-refractivity contribution in [1.29, 1.82) is 0 Å². The fraction of sp³-hybridized carbons (Fsp3) is 0.406. The molecule has 7 aromatic rings. The molecule has 0 fully saturated rings. The van der Waals surface area contributed by atoms with Gasteiger partial charge in [0.1, 0.15) is 0 Å². The Hall–Kier alpha value is -3.30. The van der Waals surface area contributed by atoms with Crippen molar-refractivity contribution in [3.05, 3.63) is 177 Å². The quantitative estimate of drug-likeness (QED) is 0.0497. The summed E-state index contributed by atoms with van der Waals surface area (Å²) in [6, 6.07) is 48.4. The molecule has 0 amide bonds. The maximum atomic E-state index is 6.47. The van der Waals surface area contributed by atoms with Crippen LogP contribution in [0.2, 0.25) is 29.6 Å². The molecule has 0 saturated carbocycles. The molecule has 6 heteroatoms. The van der Waals surface area contributed by atoms with Crippen molar-refractivity contribution in [2.24, 2.45) is 0 Å². The van der Waals surface area contributed by atoms with Crippen LogP contribution in [0.3, 0.4) is 0 Å². The van der Waals surface area contributed by atoms with Crippen LogP contribution in [0.4, 0.5) is 0 Å². The molecule has 2 aliphatic rings. The van der Waals surface area contributed by atoms with E-state index in [0.29, 0.717) is 0 Å². The van der Waals surface area contributed by atoms with Gasteiger partial charge in [-0.3, -0.25) is 0 Å². The first-order valence-corrected chi connectivity index (χ1v) is 48.4. The van der Waals surface area contributed by atoms with Gasteiger partial charge in [0, 0.05) is 0 Å². The van der Waals surface area contributed by atoms with Gasteiger partial charge in [-0.15, -0.1) is 0 Å². The number of hydrogen-bond acceptors (Lipinski definition) is 4. The van der Waals surface area contributed by atoms with E-state index in [9.17, 15) is 0 Å². The zero-order valence-electron chi connectivity index (χ0n) is 44.1. The number of hydrogen-bond donors (Lipinski definition) is 0. The Labute approximate surface area is 438 Å². The molecule has 366 valence electrons. The number of ether oxygens (including phenoxy) is 2. The van der Waals surface area contributed by atoms with Crippen LogP contribution in [0.15, 0.2) is 121 Å². The summed E-state index contributed by atoms with van der Waals surface area (Å²) >= 11 is -0.976. The summed E-state index contributed by atoms with van der Waals surface area (Å²) in [5.74, 6) is 1.93. The fourth-order valence-corrected chi connectivity index (χ4v) is 24.2. The van der Waals surface area contributed by atoms with Gasteiger partial charge >= 0.3 is 377 Å². The third-order valence-corrected chi connectivity index (χ3v) is 36.5. The summed E-state index contributed by atoms with van der Waals surface area (Å²) in [6.45, 7) is 10.5. The molecule has 0 bridgehead atoms. The van der Waals surface area contributed by atoms with Crippen LogP contribution in [-0.4, -0.2) is 50.0 Å². The Bertz CT molecular complexity index is 2680. The molecule has 2 nitrogen and oxygen atoms in total. The summed E-state index contributed by atoms with van der Waals surface area (Å²) in [5.41, 5.74) is 15.4. The number of rotatable bonds is 22. The Morgan fingerprint density at radius 3 is 1.03 bits per heavy atom. The molecule has 2 heterocycles. The van der Waals surface area contributed by atoms with Crippen LogP contribution in [0, 0.1) is 13.8 Å². The molecule has 0 spiro atoms. The molecule has 0 radical (unpaired) electrons. The molecule has 2 aromatic heterocycles. The van der Waals surface area contributed by atoms with Crippen LogP contribution >= 0.6 is 22.7 Å². The van der Waals surface area contributed by atoms with Crippen molar-refractivity contribution in [3.63, 3.8) is 0 Å². The Morgan fingerprint density at radius 1 is 0.386 bits per heavy atom. The van der Waals surface area contributed by atoms with Crippen LogP contribution in [0.25, 0.3) is 20.9 Å². The molecular weight excluding hydrogens is 1100 g/mol. The summed E-state index contributed by atoms with van der Waals surface area (Å²) in [7, 11) is 0. The molecule has 0 N–H and O–H groups in total. The van der Waals surface area contributed by atoms with Gasteiger partial charge in [-0.05, 0) is 0 Å². The van der Waals surface area contributed by atoms with Gasteiger partial charge < -0.3 is 0 Å². The van der Waals surface area contributed by atoms with Crippen molar-refractivity contribution in [1.82, 2.24) is 0 Å². The normalized spacial score (nSPS) is 17.1. The first-order chi connectivity index (χ1) is 33.7. The molecule has 5 aromatic carbocycles. The molecule has 9 rings (SSSR count). The zero-order chi connectivity index (χ0) is 49.3. The second-order valence-electron chi connectivity index (χ2n) is 22.7. The first-order valence-electron chi connectivity index (χ1n) is 26.8. The van der Waals surface area contributed by atoms with Gasteiger partial charge in [0.25, 0.3) is 0 Å². The van der Waals surface area contributed by atoms with Crippen molar-refractivity contribution in [2.75, 3.05) is 13.2 Å². The van der Waals surface area contributed by atoms with Crippen LogP contribution in [0.1, 0.15) is 147 Å². The van der Waals surface area contributed by atoms with E-state index in [1.165, 1.54) is 141 Å². The van der Waals surface area contributed by atoms with E-state index in [1.54, 1.807) is 5.79 Å². The van der Waals surface area contributed by atoms with Crippen LogP contribution in [-0.2, 0) is 10.8 Å². The van der Waals surface area contributed by atoms with Gasteiger partial charge in [0.15, 0.2) is 0 Å². The summed E-state index contributed by atoms with van der Waals surface area (Å²) < 4.78 is 16.2. The molecule has 0 aliphatic heterocycles. The van der Waals surface area contributed by atoms with Gasteiger partial charge in [-0.1, -0.05) is 65.2 Å². The van der Waals surface area contributed by atoms with Crippen molar-refractivity contribution >= 4 is 65.2 Å². The summed E-state index contributed by atoms with van der Waals surface area (Å²) in [6.07, 6.45) is 15.1. The van der Waals surface area contributed by atoms with E-state index in [4.69, 9.17) is 9.47 Å². The number of benzene rings is 5. The third kappa shape index (κ3) is 9.92. The Balaban J connectivity index is 1.24. The standard InChI is InChI=1S/C58H60O2S2.6CH3.2Sn/c1-5-7-9-11-13-15-35-59-47-29-25-45(26-30-47)57(43-21-17-41(3)18-22-43)51-33-37-61-55(51)49-40-54-50(39-53(49)57)56-52(34-38-62-56)58(54,44-23-19-42(4)20-24-44)46-27-31-48(32-28-46)60-36-16-14-12-10-8-6-2;;;;;;;;/h17-34,39-40H,5-16,35-36H2,1-4H3;6*1H3;;. The van der Waals surface area contributed by atoms with E-state index in [0.717, 1.165) is 37.6 Å². The van der Waals surface area contributed by atoms with E-state index in [-0.39, 0.29) is 0 Å². The van der Waals surface area contributed by atoms with Crippen molar-refractivity contribution < 1.29 is 9.47 Å². The minimum absolute atomic E-state index is 0.495. The van der Waals surface area contributed by atoms with Crippen molar-refractivity contribution in [2.45, 2.75) is 145 Å². The predicted octanol–water partition coefficient (Wildman–Crippen LogP) is 17.7. The van der Waals surface area contributed by atoms with Crippen molar-refractivity contribution in [3.8, 4) is 32.4 Å². The van der Waals surface area contributed by atoms with Crippen LogP contribution in [0.5, 0.6) is 11.5 Å². The fourth-order valence-electron chi connectivity index (χ4n) is 11.3. The number of aryl methyl sites for hydroxylation is 2. The Kier molecular flexibility index (Phi) is 16.0. The molecule has 2 aliphatic carbocycles. The van der Waals surface area contributed by atoms with Gasteiger partial charge in [-0.25, -0.2) is 0 Å². The summed E-state index contributed by atoms with van der Waals surface area (Å²) in [5, 5.41) is 0. The molecule has 2 atom stereocenters. The zero-order valence-corrected chi connectivity index (χ0v) is 51.4. The van der Waals surface area contributed by atoms with E-state index in [2.05, 4.69) is 201 Å². The first kappa shape index (κ1) is 51.6. The van der Waals surface area contributed by atoms with Crippen LogP contribution < -0.4 is 15.3 Å². The Morgan fingerprint density at radius 2 is 0.700 bits per heavy atom. The van der Waals surface area contributed by atoms with Gasteiger partial charge in [0.05, 0.1) is 0 Å². The topological polar surface area (TPSA) is 18.5 Å². The average molecular weight is 1180 g/mol. The second-order valence-corrected chi connectivity index (χ2v) is 55.6. The third-order valence-electron chi connectivity index (χ3n) is 15.3. The minimum atomic E-state index is -2.59. The number of fused-ring (bicyclic) bond motifs is 6. The van der Waals surface area contributed by atoms with E-state index >= 15 is 0 Å². The summed E-state index contributed by atoms with van der Waals surface area (Å²) in [4.78, 5) is 18.4. The molecular formula is C64H78O2S2Sn2. The second kappa shape index (κ2) is 21.7. The number of unbranched alkanes of at least 4 members (excludes halogenated alkanes) is 10. The maximum absolute atomic E-state index is 6.47.